The first-order valence-corrected chi connectivity index (χ1v) is 7.78. The normalized spacial score (nSPS) is 44.3. The van der Waals surface area contributed by atoms with Gasteiger partial charge < -0.3 is 9.85 Å². The molecule has 3 aliphatic rings. The van der Waals surface area contributed by atoms with E-state index in [-0.39, 0.29) is 4.65 Å². The van der Waals surface area contributed by atoms with Gasteiger partial charge in [-0.25, -0.2) is 0 Å². The maximum absolute atomic E-state index is 12.9. The third kappa shape index (κ3) is 1.50. The molecule has 4 rings (SSSR count). The van der Waals surface area contributed by atoms with Crippen LogP contribution < -0.4 is 0 Å². The summed E-state index contributed by atoms with van der Waals surface area (Å²) in [6, 6.07) is 9.26. The van der Waals surface area contributed by atoms with E-state index in [0.717, 1.165) is 19.4 Å². The minimum atomic E-state index is 0.000745. The molecule has 0 aromatic heterocycles. The van der Waals surface area contributed by atoms with Gasteiger partial charge in [-0.15, -0.1) is 0 Å². The number of quaternary nitrogens is 1. The highest BCUT2D eigenvalue weighted by Crippen LogP contribution is 2.56. The average Bonchev–Trinajstić information content (AvgIpc) is 2.43. The zero-order valence-corrected chi connectivity index (χ0v) is 11.8. The Bertz CT molecular complexity index is 510. The van der Waals surface area contributed by atoms with Gasteiger partial charge in [0, 0.05) is 24.2 Å². The minimum absolute atomic E-state index is 0.000745. The molecule has 2 heteroatoms. The highest BCUT2D eigenvalue weighted by atomic mass is 16.5. The molecule has 1 unspecified atom stereocenters. The van der Waals surface area contributed by atoms with Crippen molar-refractivity contribution in [2.75, 3.05) is 13.6 Å². The van der Waals surface area contributed by atoms with Crippen molar-refractivity contribution in [1.82, 2.24) is 0 Å². The van der Waals surface area contributed by atoms with Gasteiger partial charge >= 0.3 is 0 Å². The van der Waals surface area contributed by atoms with Gasteiger partial charge in [0.25, 0.3) is 0 Å². The second-order valence-corrected chi connectivity index (χ2v) is 7.08. The van der Waals surface area contributed by atoms with Crippen molar-refractivity contribution in [1.29, 1.82) is 0 Å². The highest BCUT2D eigenvalue weighted by Gasteiger charge is 2.56. The van der Waals surface area contributed by atoms with E-state index in [9.17, 15) is 5.21 Å². The standard InChI is InChI=1S/C17H23NO/c1-18(19)11-10-17-9-5-4-8-15(17)16(18)12-13-6-2-3-7-14(13)17/h2-3,6-7,15-16H,4-5,8-12H2,1H3/t15-,16+,17-,18?/m0/s1. The van der Waals surface area contributed by atoms with Crippen LogP contribution in [0, 0.1) is 11.1 Å². The van der Waals surface area contributed by atoms with Gasteiger partial charge in [-0.2, -0.15) is 0 Å². The van der Waals surface area contributed by atoms with Crippen LogP contribution in [0.2, 0.25) is 0 Å². The van der Waals surface area contributed by atoms with Crippen molar-refractivity contribution in [3.05, 3.63) is 40.6 Å². The summed E-state index contributed by atoms with van der Waals surface area (Å²) in [6.45, 7) is 0.815. The number of rotatable bonds is 0. The Morgan fingerprint density at radius 3 is 2.95 bits per heavy atom. The molecule has 0 radical (unpaired) electrons. The molecule has 102 valence electrons. The first-order chi connectivity index (χ1) is 9.13. The molecule has 1 aromatic rings. The van der Waals surface area contributed by atoms with E-state index in [1.54, 1.807) is 5.56 Å². The van der Waals surface area contributed by atoms with Gasteiger partial charge in [0.15, 0.2) is 0 Å². The zero-order chi connectivity index (χ0) is 13.1. The van der Waals surface area contributed by atoms with Gasteiger partial charge in [-0.1, -0.05) is 37.1 Å². The summed E-state index contributed by atoms with van der Waals surface area (Å²) < 4.78 is 0.000745. The molecule has 0 spiro atoms. The fraction of sp³-hybridized carbons (Fsp3) is 0.647. The summed E-state index contributed by atoms with van der Waals surface area (Å²) in [4.78, 5) is 0. The zero-order valence-electron chi connectivity index (χ0n) is 11.8. The number of hydrogen-bond acceptors (Lipinski definition) is 1. The molecule has 19 heavy (non-hydrogen) atoms. The number of fused-ring (bicyclic) bond motifs is 1. The van der Waals surface area contributed by atoms with E-state index in [0.29, 0.717) is 17.4 Å². The fourth-order valence-electron chi connectivity index (χ4n) is 5.32. The Morgan fingerprint density at radius 2 is 2.05 bits per heavy atom. The van der Waals surface area contributed by atoms with Crippen LogP contribution in [0.3, 0.4) is 0 Å². The number of nitrogens with zero attached hydrogens (tertiary/aromatic N) is 1. The lowest BCUT2D eigenvalue weighted by atomic mass is 9.52. The lowest BCUT2D eigenvalue weighted by molar-refractivity contribution is -0.899. The Hall–Kier alpha value is -0.860. The van der Waals surface area contributed by atoms with Crippen LogP contribution in [-0.2, 0) is 11.8 Å². The second-order valence-electron chi connectivity index (χ2n) is 7.08. The van der Waals surface area contributed by atoms with Crippen LogP contribution in [0.1, 0.15) is 43.2 Å². The van der Waals surface area contributed by atoms with Gasteiger partial charge in [0.2, 0.25) is 0 Å². The molecule has 2 fully saturated rings. The third-order valence-electron chi connectivity index (χ3n) is 6.25. The Kier molecular flexibility index (Phi) is 2.40. The van der Waals surface area contributed by atoms with Crippen molar-refractivity contribution >= 4 is 0 Å². The van der Waals surface area contributed by atoms with Crippen molar-refractivity contribution in [2.45, 2.75) is 50.0 Å². The van der Waals surface area contributed by atoms with E-state index in [1.807, 2.05) is 7.05 Å². The summed E-state index contributed by atoms with van der Waals surface area (Å²) in [5.74, 6) is 0.632. The predicted octanol–water partition coefficient (Wildman–Crippen LogP) is 3.39. The van der Waals surface area contributed by atoms with E-state index >= 15 is 0 Å². The molecule has 1 heterocycles. The predicted molar refractivity (Wildman–Crippen MR) is 76.6 cm³/mol. The lowest BCUT2D eigenvalue weighted by Gasteiger charge is -2.63. The lowest BCUT2D eigenvalue weighted by Crippen LogP contribution is -2.66. The first-order valence-electron chi connectivity index (χ1n) is 7.78. The molecule has 1 aliphatic heterocycles. The minimum Gasteiger partial charge on any atom is -0.633 e. The van der Waals surface area contributed by atoms with E-state index in [1.165, 1.54) is 31.2 Å². The van der Waals surface area contributed by atoms with Crippen molar-refractivity contribution in [2.24, 2.45) is 5.92 Å². The summed E-state index contributed by atoms with van der Waals surface area (Å²) in [6.07, 6.45) is 7.36. The van der Waals surface area contributed by atoms with Crippen molar-refractivity contribution in [3.63, 3.8) is 0 Å². The van der Waals surface area contributed by atoms with Crippen LogP contribution in [0.5, 0.6) is 0 Å². The van der Waals surface area contributed by atoms with E-state index < -0.39 is 0 Å². The van der Waals surface area contributed by atoms with Crippen LogP contribution in [0.4, 0.5) is 0 Å². The number of likely N-dealkylation sites (N-methyl/N-ethyl adjacent to an activating group) is 1. The Morgan fingerprint density at radius 1 is 1.21 bits per heavy atom. The summed E-state index contributed by atoms with van der Waals surface area (Å²) in [7, 11) is 1.91. The highest BCUT2D eigenvalue weighted by molar-refractivity contribution is 5.40. The maximum atomic E-state index is 12.9. The van der Waals surface area contributed by atoms with Crippen LogP contribution in [0.15, 0.2) is 24.3 Å². The van der Waals surface area contributed by atoms with E-state index in [4.69, 9.17) is 0 Å². The quantitative estimate of drug-likeness (QED) is 0.516. The second kappa shape index (κ2) is 3.83. The monoisotopic (exact) mass is 257 g/mol. The molecule has 4 atom stereocenters. The molecule has 2 nitrogen and oxygen atoms in total. The molecular weight excluding hydrogens is 234 g/mol. The number of hydrogen-bond donors (Lipinski definition) is 0. The number of likely N-dealkylation sites (tertiary alicyclic amines) is 1. The summed E-state index contributed by atoms with van der Waals surface area (Å²) >= 11 is 0. The first kappa shape index (κ1) is 11.9. The SMILES string of the molecule is C[N+]1([O-])CC[C@]23CCCC[C@H]2[C@H]1Cc1ccccc13. The molecule has 1 saturated heterocycles. The van der Waals surface area contributed by atoms with Crippen LogP contribution >= 0.6 is 0 Å². The fourth-order valence-corrected chi connectivity index (χ4v) is 5.32. The Balaban J connectivity index is 1.91. The summed E-state index contributed by atoms with van der Waals surface area (Å²) in [5.41, 5.74) is 3.40. The molecular formula is C17H23NO. The van der Waals surface area contributed by atoms with Gasteiger partial charge in [-0.05, 0) is 24.0 Å². The molecule has 1 saturated carbocycles. The number of hydroxylamine groups is 3. The topological polar surface area (TPSA) is 23.1 Å². The van der Waals surface area contributed by atoms with Gasteiger partial charge in [-0.3, -0.25) is 0 Å². The van der Waals surface area contributed by atoms with Crippen LogP contribution in [-0.4, -0.2) is 24.3 Å². The average molecular weight is 257 g/mol. The molecule has 2 aliphatic carbocycles. The van der Waals surface area contributed by atoms with E-state index in [2.05, 4.69) is 24.3 Å². The number of benzene rings is 1. The van der Waals surface area contributed by atoms with Crippen molar-refractivity contribution in [3.8, 4) is 0 Å². The third-order valence-corrected chi connectivity index (χ3v) is 6.25. The molecule has 0 amide bonds. The van der Waals surface area contributed by atoms with Crippen LogP contribution in [0.25, 0.3) is 0 Å². The largest absolute Gasteiger partial charge is 0.633 e. The molecule has 2 bridgehead atoms. The van der Waals surface area contributed by atoms with Gasteiger partial charge in [0.05, 0.1) is 19.6 Å². The number of piperidine rings is 1. The maximum Gasteiger partial charge on any atom is 0.0963 e. The summed E-state index contributed by atoms with van der Waals surface area (Å²) in [5, 5.41) is 12.9. The molecule has 1 aromatic carbocycles. The van der Waals surface area contributed by atoms with Gasteiger partial charge in [0.1, 0.15) is 0 Å². The molecule has 0 N–H and O–H groups in total. The van der Waals surface area contributed by atoms with Crippen molar-refractivity contribution < 1.29 is 4.65 Å². The Labute approximate surface area is 115 Å². The smallest absolute Gasteiger partial charge is 0.0963 e.